The first-order chi connectivity index (χ1) is 6.25. The van der Waals surface area contributed by atoms with E-state index in [1.165, 1.54) is 10.5 Å². The molecule has 1 unspecified atom stereocenters. The van der Waals surface area contributed by atoms with Crippen molar-refractivity contribution in [2.45, 2.75) is 20.3 Å². The van der Waals surface area contributed by atoms with Crippen LogP contribution < -0.4 is 0 Å². The summed E-state index contributed by atoms with van der Waals surface area (Å²) >= 11 is 1.74. The largest absolute Gasteiger partial charge is 0.268 e. The Balaban J connectivity index is 2.27. The van der Waals surface area contributed by atoms with Gasteiger partial charge in [0.15, 0.2) is 0 Å². The van der Waals surface area contributed by atoms with E-state index in [-0.39, 0.29) is 0 Å². The molecule has 1 aliphatic rings. The first-order valence-electron chi connectivity index (χ1n) is 4.41. The van der Waals surface area contributed by atoms with E-state index < -0.39 is 0 Å². The standard InChI is InChI=1S/C10H12N2S/c1-7-3-9(6-11-4-7)10-12-5-8(2)13-10/h4-7H,3H2,1-2H3. The van der Waals surface area contributed by atoms with E-state index in [1.54, 1.807) is 11.3 Å². The molecule has 0 amide bonds. The molecule has 13 heavy (non-hydrogen) atoms. The number of allylic oxidation sites excluding steroid dienone is 1. The molecule has 0 saturated carbocycles. The van der Waals surface area contributed by atoms with Gasteiger partial charge in [-0.2, -0.15) is 0 Å². The molecule has 0 aliphatic carbocycles. The molecule has 3 heteroatoms. The van der Waals surface area contributed by atoms with Gasteiger partial charge in [0.05, 0.1) is 0 Å². The van der Waals surface area contributed by atoms with Crippen molar-refractivity contribution in [3.8, 4) is 0 Å². The fourth-order valence-corrected chi connectivity index (χ4v) is 2.16. The average molecular weight is 192 g/mol. The van der Waals surface area contributed by atoms with Crippen molar-refractivity contribution in [3.63, 3.8) is 0 Å². The Morgan fingerprint density at radius 3 is 3.00 bits per heavy atom. The minimum Gasteiger partial charge on any atom is -0.268 e. The van der Waals surface area contributed by atoms with Crippen LogP contribution in [0.1, 0.15) is 23.2 Å². The van der Waals surface area contributed by atoms with Gasteiger partial charge < -0.3 is 0 Å². The first kappa shape index (κ1) is 8.63. The van der Waals surface area contributed by atoms with Crippen LogP contribution in [0, 0.1) is 12.8 Å². The summed E-state index contributed by atoms with van der Waals surface area (Å²) in [6, 6.07) is 0. The Kier molecular flexibility index (Phi) is 2.27. The van der Waals surface area contributed by atoms with Gasteiger partial charge in [-0.25, -0.2) is 4.98 Å². The lowest BCUT2D eigenvalue weighted by Crippen LogP contribution is -2.01. The second-order valence-corrected chi connectivity index (χ2v) is 4.64. The molecule has 1 aromatic heterocycles. The molecule has 1 aliphatic heterocycles. The van der Waals surface area contributed by atoms with Crippen LogP contribution in [-0.2, 0) is 0 Å². The van der Waals surface area contributed by atoms with E-state index in [4.69, 9.17) is 0 Å². The highest BCUT2D eigenvalue weighted by Crippen LogP contribution is 2.27. The summed E-state index contributed by atoms with van der Waals surface area (Å²) in [5, 5.41) is 1.13. The summed E-state index contributed by atoms with van der Waals surface area (Å²) < 4.78 is 0. The van der Waals surface area contributed by atoms with E-state index in [0.717, 1.165) is 11.4 Å². The van der Waals surface area contributed by atoms with Crippen LogP contribution in [0.3, 0.4) is 0 Å². The van der Waals surface area contributed by atoms with Gasteiger partial charge in [-0.05, 0) is 19.3 Å². The second kappa shape index (κ2) is 3.42. The van der Waals surface area contributed by atoms with E-state index in [1.807, 2.05) is 18.6 Å². The van der Waals surface area contributed by atoms with Gasteiger partial charge >= 0.3 is 0 Å². The van der Waals surface area contributed by atoms with Crippen LogP contribution in [0.25, 0.3) is 5.57 Å². The molecule has 2 nitrogen and oxygen atoms in total. The number of hydrogen-bond acceptors (Lipinski definition) is 3. The normalized spacial score (nSPS) is 21.7. The van der Waals surface area contributed by atoms with Crippen molar-refractivity contribution in [1.29, 1.82) is 0 Å². The zero-order chi connectivity index (χ0) is 9.26. The highest BCUT2D eigenvalue weighted by Gasteiger charge is 2.12. The lowest BCUT2D eigenvalue weighted by molar-refractivity contribution is 0.808. The molecule has 2 rings (SSSR count). The van der Waals surface area contributed by atoms with Gasteiger partial charge in [0.25, 0.3) is 0 Å². The summed E-state index contributed by atoms with van der Waals surface area (Å²) in [6.45, 7) is 4.26. The molecule has 0 N–H and O–H groups in total. The fourth-order valence-electron chi connectivity index (χ4n) is 1.38. The van der Waals surface area contributed by atoms with Crippen LogP contribution in [0.2, 0.25) is 0 Å². The number of nitrogens with zero attached hydrogens (tertiary/aromatic N) is 2. The zero-order valence-corrected chi connectivity index (χ0v) is 8.64. The topological polar surface area (TPSA) is 25.2 Å². The van der Waals surface area contributed by atoms with Gasteiger partial charge in [-0.1, -0.05) is 6.92 Å². The van der Waals surface area contributed by atoms with Gasteiger partial charge in [-0.3, -0.25) is 4.99 Å². The smallest absolute Gasteiger partial charge is 0.121 e. The predicted molar refractivity (Wildman–Crippen MR) is 57.1 cm³/mol. The minimum atomic E-state index is 0.546. The molecule has 0 radical (unpaired) electrons. The van der Waals surface area contributed by atoms with Crippen LogP contribution in [-0.4, -0.2) is 11.2 Å². The van der Waals surface area contributed by atoms with Gasteiger partial charge in [0.1, 0.15) is 5.01 Å². The summed E-state index contributed by atoms with van der Waals surface area (Å²) in [5.41, 5.74) is 1.27. The number of hydrogen-bond donors (Lipinski definition) is 0. The first-order valence-corrected chi connectivity index (χ1v) is 5.22. The minimum absolute atomic E-state index is 0.546. The highest BCUT2D eigenvalue weighted by atomic mass is 32.1. The number of aliphatic imine (C=N–C) groups is 1. The molecule has 0 aromatic carbocycles. The maximum atomic E-state index is 4.35. The second-order valence-electron chi connectivity index (χ2n) is 3.41. The van der Waals surface area contributed by atoms with Gasteiger partial charge in [-0.15, -0.1) is 11.3 Å². The molecule has 0 fully saturated rings. The maximum Gasteiger partial charge on any atom is 0.121 e. The molecule has 1 aromatic rings. The summed E-state index contributed by atoms with van der Waals surface area (Å²) in [4.78, 5) is 9.82. The third-order valence-corrected chi connectivity index (χ3v) is 3.00. The highest BCUT2D eigenvalue weighted by molar-refractivity contribution is 7.12. The quantitative estimate of drug-likeness (QED) is 0.671. The Morgan fingerprint density at radius 1 is 1.54 bits per heavy atom. The Morgan fingerprint density at radius 2 is 2.38 bits per heavy atom. The number of thiazole rings is 1. The molecule has 0 saturated heterocycles. The molecule has 0 bridgehead atoms. The summed E-state index contributed by atoms with van der Waals surface area (Å²) in [5.74, 6) is 0.546. The fraction of sp³-hybridized carbons (Fsp3) is 0.400. The molecular weight excluding hydrogens is 180 g/mol. The lowest BCUT2D eigenvalue weighted by atomic mass is 10.0. The Labute approximate surface area is 82.0 Å². The SMILES string of the molecule is Cc1cnc(C2=CN=CC(C)C2)s1. The van der Waals surface area contributed by atoms with Gasteiger partial charge in [0.2, 0.25) is 0 Å². The third-order valence-electron chi connectivity index (χ3n) is 2.01. The van der Waals surface area contributed by atoms with E-state index >= 15 is 0 Å². The van der Waals surface area contributed by atoms with Gasteiger partial charge in [0, 0.05) is 29.1 Å². The van der Waals surface area contributed by atoms with E-state index in [0.29, 0.717) is 5.92 Å². The van der Waals surface area contributed by atoms with Crippen LogP contribution in [0.15, 0.2) is 17.4 Å². The van der Waals surface area contributed by atoms with Crippen molar-refractivity contribution in [1.82, 2.24) is 4.98 Å². The van der Waals surface area contributed by atoms with Crippen molar-refractivity contribution in [3.05, 3.63) is 22.3 Å². The molecule has 2 heterocycles. The van der Waals surface area contributed by atoms with Crippen molar-refractivity contribution in [2.24, 2.45) is 10.9 Å². The van der Waals surface area contributed by atoms with Crippen molar-refractivity contribution >= 4 is 23.1 Å². The Bertz CT molecular complexity index is 363. The van der Waals surface area contributed by atoms with Crippen LogP contribution >= 0.6 is 11.3 Å². The van der Waals surface area contributed by atoms with Crippen molar-refractivity contribution in [2.75, 3.05) is 0 Å². The molecular formula is C10H12N2S. The van der Waals surface area contributed by atoms with E-state index in [2.05, 4.69) is 23.8 Å². The van der Waals surface area contributed by atoms with Crippen molar-refractivity contribution < 1.29 is 0 Å². The number of aromatic nitrogens is 1. The molecule has 68 valence electrons. The summed E-state index contributed by atoms with van der Waals surface area (Å²) in [7, 11) is 0. The third kappa shape index (κ3) is 1.86. The van der Waals surface area contributed by atoms with E-state index in [9.17, 15) is 0 Å². The summed E-state index contributed by atoms with van der Waals surface area (Å²) in [6.07, 6.45) is 6.91. The number of aryl methyl sites for hydroxylation is 1. The van der Waals surface area contributed by atoms with Crippen LogP contribution in [0.5, 0.6) is 0 Å². The van der Waals surface area contributed by atoms with Crippen LogP contribution in [0.4, 0.5) is 0 Å². The maximum absolute atomic E-state index is 4.35. The lowest BCUT2D eigenvalue weighted by Gasteiger charge is -2.10. The monoisotopic (exact) mass is 192 g/mol. The Hall–Kier alpha value is -0.960. The zero-order valence-electron chi connectivity index (χ0n) is 7.82. The predicted octanol–water partition coefficient (Wildman–Crippen LogP) is 2.90. The molecule has 1 atom stereocenters. The average Bonchev–Trinajstić information content (AvgIpc) is 2.52. The number of rotatable bonds is 1. The molecule has 0 spiro atoms.